The lowest BCUT2D eigenvalue weighted by Crippen LogP contribution is -2.47. The summed E-state index contributed by atoms with van der Waals surface area (Å²) in [5, 5.41) is 6.36. The van der Waals surface area contributed by atoms with Gasteiger partial charge >= 0.3 is 6.09 Å². The zero-order valence-corrected chi connectivity index (χ0v) is 14.8. The van der Waals surface area contributed by atoms with Crippen LogP contribution in [0.3, 0.4) is 0 Å². The van der Waals surface area contributed by atoms with Crippen molar-refractivity contribution in [2.24, 2.45) is 23.5 Å². The van der Waals surface area contributed by atoms with Gasteiger partial charge in [0.1, 0.15) is 5.60 Å². The van der Waals surface area contributed by atoms with Crippen molar-refractivity contribution >= 4 is 6.09 Å². The Bertz CT molecular complexity index is 298. The first-order chi connectivity index (χ1) is 9.56. The number of carbonyl (C=O) groups excluding carboxylic acids is 1. The molecule has 0 aromatic carbocycles. The van der Waals surface area contributed by atoms with Crippen LogP contribution in [0.2, 0.25) is 0 Å². The molecule has 0 saturated heterocycles. The van der Waals surface area contributed by atoms with Crippen molar-refractivity contribution in [1.29, 1.82) is 0 Å². The number of hydrogen-bond acceptors (Lipinski definition) is 4. The second-order valence-electron chi connectivity index (χ2n) is 7.38. The molecule has 126 valence electrons. The number of nitrogens with two attached hydrogens (primary N) is 1. The Morgan fingerprint density at radius 2 is 1.67 bits per heavy atom. The average molecular weight is 301 g/mol. The van der Waals surface area contributed by atoms with Gasteiger partial charge in [-0.15, -0.1) is 0 Å². The van der Waals surface area contributed by atoms with Gasteiger partial charge in [-0.25, -0.2) is 4.79 Å². The van der Waals surface area contributed by atoms with Gasteiger partial charge < -0.3 is 21.1 Å². The minimum atomic E-state index is -0.465. The smallest absolute Gasteiger partial charge is 0.407 e. The lowest BCUT2D eigenvalue weighted by Gasteiger charge is -2.27. The Balaban J connectivity index is 4.29. The fourth-order valence-corrected chi connectivity index (χ4v) is 1.94. The van der Waals surface area contributed by atoms with Crippen molar-refractivity contribution in [3.63, 3.8) is 0 Å². The number of hydrogen-bond donors (Lipinski definition) is 3. The van der Waals surface area contributed by atoms with Gasteiger partial charge in [-0.2, -0.15) is 0 Å². The molecule has 0 aromatic heterocycles. The maximum absolute atomic E-state index is 11.7. The maximum Gasteiger partial charge on any atom is 0.407 e. The number of amides is 1. The summed E-state index contributed by atoms with van der Waals surface area (Å²) >= 11 is 0. The third-order valence-corrected chi connectivity index (χ3v) is 3.56. The van der Waals surface area contributed by atoms with Crippen LogP contribution in [0.1, 0.15) is 48.5 Å². The van der Waals surface area contributed by atoms with Gasteiger partial charge in [0, 0.05) is 12.6 Å². The van der Waals surface area contributed by atoms with Gasteiger partial charge in [0.25, 0.3) is 0 Å². The molecule has 0 fully saturated rings. The minimum Gasteiger partial charge on any atom is -0.444 e. The molecule has 0 saturated carbocycles. The predicted molar refractivity (Wildman–Crippen MR) is 88.2 cm³/mol. The summed E-state index contributed by atoms with van der Waals surface area (Å²) in [5.41, 5.74) is 5.33. The quantitative estimate of drug-likeness (QED) is 0.643. The summed E-state index contributed by atoms with van der Waals surface area (Å²) in [4.78, 5) is 11.7. The molecular weight excluding hydrogens is 266 g/mol. The van der Waals surface area contributed by atoms with Crippen LogP contribution >= 0.6 is 0 Å². The van der Waals surface area contributed by atoms with Crippen LogP contribution in [0.4, 0.5) is 4.79 Å². The molecule has 0 aliphatic rings. The van der Waals surface area contributed by atoms with Crippen LogP contribution in [-0.4, -0.2) is 37.4 Å². The van der Waals surface area contributed by atoms with E-state index in [1.807, 2.05) is 20.8 Å². The first-order valence-electron chi connectivity index (χ1n) is 7.97. The van der Waals surface area contributed by atoms with E-state index >= 15 is 0 Å². The number of ether oxygens (including phenoxy) is 1. The Morgan fingerprint density at radius 3 is 2.05 bits per heavy atom. The molecule has 0 spiro atoms. The summed E-state index contributed by atoms with van der Waals surface area (Å²) in [7, 11) is 0. The van der Waals surface area contributed by atoms with Crippen LogP contribution in [-0.2, 0) is 4.74 Å². The topological polar surface area (TPSA) is 76.4 Å². The van der Waals surface area contributed by atoms with Crippen LogP contribution < -0.4 is 16.4 Å². The van der Waals surface area contributed by atoms with Crippen molar-refractivity contribution in [2.75, 3.05) is 19.6 Å². The molecule has 5 heteroatoms. The molecule has 5 nitrogen and oxygen atoms in total. The van der Waals surface area contributed by atoms with Gasteiger partial charge in [0.05, 0.1) is 0 Å². The van der Waals surface area contributed by atoms with E-state index in [0.29, 0.717) is 30.8 Å². The monoisotopic (exact) mass is 301 g/mol. The third kappa shape index (κ3) is 9.69. The van der Waals surface area contributed by atoms with Crippen molar-refractivity contribution in [2.45, 2.75) is 60.1 Å². The predicted octanol–water partition coefficient (Wildman–Crippen LogP) is 2.36. The van der Waals surface area contributed by atoms with E-state index in [0.717, 1.165) is 6.54 Å². The highest BCUT2D eigenvalue weighted by atomic mass is 16.6. The third-order valence-electron chi connectivity index (χ3n) is 3.56. The van der Waals surface area contributed by atoms with E-state index < -0.39 is 5.60 Å². The molecule has 0 aromatic rings. The average Bonchev–Trinajstić information content (AvgIpc) is 2.30. The summed E-state index contributed by atoms with van der Waals surface area (Å²) in [6.07, 6.45) is -0.366. The SMILES string of the molecule is CC(C)C(CN)CNC(CNC(=O)OC(C)(C)C)C(C)C. The molecule has 21 heavy (non-hydrogen) atoms. The zero-order chi connectivity index (χ0) is 16.6. The molecule has 0 aliphatic heterocycles. The van der Waals surface area contributed by atoms with Crippen LogP contribution in [0.5, 0.6) is 0 Å². The van der Waals surface area contributed by atoms with Gasteiger partial charge in [-0.1, -0.05) is 27.7 Å². The summed E-state index contributed by atoms with van der Waals surface area (Å²) in [6.45, 7) is 16.3. The maximum atomic E-state index is 11.7. The zero-order valence-electron chi connectivity index (χ0n) is 14.8. The standard InChI is InChI=1S/C16H35N3O2/c1-11(2)13(8-17)9-18-14(12(3)4)10-19-15(20)21-16(5,6)7/h11-14,18H,8-10,17H2,1-7H3,(H,19,20). The van der Waals surface area contributed by atoms with E-state index in [1.165, 1.54) is 0 Å². The Hall–Kier alpha value is -0.810. The summed E-state index contributed by atoms with van der Waals surface area (Å²) in [5.74, 6) is 1.42. The summed E-state index contributed by atoms with van der Waals surface area (Å²) in [6, 6.07) is 0.213. The Morgan fingerprint density at radius 1 is 1.10 bits per heavy atom. The van der Waals surface area contributed by atoms with Gasteiger partial charge in [0.15, 0.2) is 0 Å². The fraction of sp³-hybridized carbons (Fsp3) is 0.938. The molecule has 0 aliphatic carbocycles. The van der Waals surface area contributed by atoms with E-state index in [-0.39, 0.29) is 12.1 Å². The van der Waals surface area contributed by atoms with Crippen molar-refractivity contribution < 1.29 is 9.53 Å². The van der Waals surface area contributed by atoms with Crippen LogP contribution in [0.25, 0.3) is 0 Å². The Kier molecular flexibility index (Phi) is 8.90. The lowest BCUT2D eigenvalue weighted by atomic mass is 9.95. The highest BCUT2D eigenvalue weighted by Crippen LogP contribution is 2.10. The molecule has 0 rings (SSSR count). The highest BCUT2D eigenvalue weighted by Gasteiger charge is 2.20. The van der Waals surface area contributed by atoms with Crippen molar-refractivity contribution in [1.82, 2.24) is 10.6 Å². The molecule has 2 atom stereocenters. The molecule has 0 radical (unpaired) electrons. The Labute approximate surface area is 130 Å². The number of carbonyl (C=O) groups is 1. The number of alkyl carbamates (subject to hydrolysis) is 1. The second kappa shape index (κ2) is 9.26. The van der Waals surface area contributed by atoms with E-state index in [2.05, 4.69) is 38.3 Å². The highest BCUT2D eigenvalue weighted by molar-refractivity contribution is 5.67. The molecule has 1 amide bonds. The minimum absolute atomic E-state index is 0.213. The number of rotatable bonds is 8. The molecular formula is C16H35N3O2. The van der Waals surface area contributed by atoms with E-state index in [1.54, 1.807) is 0 Å². The largest absolute Gasteiger partial charge is 0.444 e. The fourth-order valence-electron chi connectivity index (χ4n) is 1.94. The van der Waals surface area contributed by atoms with Crippen LogP contribution in [0, 0.1) is 17.8 Å². The normalized spacial score (nSPS) is 15.1. The van der Waals surface area contributed by atoms with Gasteiger partial charge in [-0.3, -0.25) is 0 Å². The van der Waals surface area contributed by atoms with Crippen LogP contribution in [0.15, 0.2) is 0 Å². The molecule has 0 heterocycles. The molecule has 0 bridgehead atoms. The summed E-state index contributed by atoms with van der Waals surface area (Å²) < 4.78 is 5.26. The second-order valence-corrected chi connectivity index (χ2v) is 7.38. The first kappa shape index (κ1) is 20.2. The van der Waals surface area contributed by atoms with Gasteiger partial charge in [-0.05, 0) is 51.6 Å². The van der Waals surface area contributed by atoms with Crippen molar-refractivity contribution in [3.05, 3.63) is 0 Å². The van der Waals surface area contributed by atoms with Crippen molar-refractivity contribution in [3.8, 4) is 0 Å². The lowest BCUT2D eigenvalue weighted by molar-refractivity contribution is 0.0519. The number of nitrogens with one attached hydrogen (secondary N) is 2. The molecule has 4 N–H and O–H groups in total. The first-order valence-corrected chi connectivity index (χ1v) is 7.97. The van der Waals surface area contributed by atoms with E-state index in [4.69, 9.17) is 10.5 Å². The van der Waals surface area contributed by atoms with E-state index in [9.17, 15) is 4.79 Å². The van der Waals surface area contributed by atoms with Gasteiger partial charge in [0.2, 0.25) is 0 Å². The molecule has 2 unspecified atom stereocenters.